The molecule has 106 valence electrons. The van der Waals surface area contributed by atoms with Gasteiger partial charge in [0.2, 0.25) is 6.10 Å². The SMILES string of the molecule is O=[N+]([O-])C1=Cc2cc(Cl)ccc2O[C@@H]1c1ccc(Cl)cc1. The van der Waals surface area contributed by atoms with Crippen molar-refractivity contribution in [1.29, 1.82) is 0 Å². The van der Waals surface area contributed by atoms with Crippen molar-refractivity contribution in [3.8, 4) is 5.75 Å². The molecule has 0 N–H and O–H groups in total. The van der Waals surface area contributed by atoms with Gasteiger partial charge in [-0.1, -0.05) is 35.3 Å². The van der Waals surface area contributed by atoms with E-state index in [0.717, 1.165) is 0 Å². The molecule has 1 heterocycles. The number of rotatable bonds is 2. The van der Waals surface area contributed by atoms with Crippen molar-refractivity contribution >= 4 is 29.3 Å². The molecule has 1 aliphatic heterocycles. The van der Waals surface area contributed by atoms with E-state index in [1.54, 1.807) is 42.5 Å². The second-order valence-corrected chi connectivity index (χ2v) is 5.43. The van der Waals surface area contributed by atoms with Crippen molar-refractivity contribution in [2.24, 2.45) is 0 Å². The van der Waals surface area contributed by atoms with Crippen LogP contribution in [-0.2, 0) is 0 Å². The van der Waals surface area contributed by atoms with E-state index in [2.05, 4.69) is 0 Å². The Bertz CT molecular complexity index is 741. The van der Waals surface area contributed by atoms with E-state index in [9.17, 15) is 10.1 Å². The highest BCUT2D eigenvalue weighted by Gasteiger charge is 2.33. The van der Waals surface area contributed by atoms with E-state index in [-0.39, 0.29) is 5.70 Å². The topological polar surface area (TPSA) is 52.4 Å². The highest BCUT2D eigenvalue weighted by Crippen LogP contribution is 2.38. The summed E-state index contributed by atoms with van der Waals surface area (Å²) in [6, 6.07) is 11.8. The largest absolute Gasteiger partial charge is 0.474 e. The summed E-state index contributed by atoms with van der Waals surface area (Å²) in [7, 11) is 0. The Labute approximate surface area is 130 Å². The van der Waals surface area contributed by atoms with Crippen molar-refractivity contribution in [1.82, 2.24) is 0 Å². The molecule has 4 nitrogen and oxygen atoms in total. The van der Waals surface area contributed by atoms with Gasteiger partial charge in [0, 0.05) is 27.2 Å². The Morgan fingerprint density at radius 2 is 1.71 bits per heavy atom. The van der Waals surface area contributed by atoms with Crippen LogP contribution in [0.1, 0.15) is 17.2 Å². The maximum absolute atomic E-state index is 11.3. The van der Waals surface area contributed by atoms with Gasteiger partial charge >= 0.3 is 0 Å². The van der Waals surface area contributed by atoms with Gasteiger partial charge in [0.05, 0.1) is 4.92 Å². The van der Waals surface area contributed by atoms with Crippen molar-refractivity contribution in [2.45, 2.75) is 6.10 Å². The summed E-state index contributed by atoms with van der Waals surface area (Å²) < 4.78 is 5.78. The monoisotopic (exact) mass is 321 g/mol. The number of hydrogen-bond donors (Lipinski definition) is 0. The third kappa shape index (κ3) is 2.73. The Morgan fingerprint density at radius 1 is 1.05 bits per heavy atom. The second kappa shape index (κ2) is 5.39. The van der Waals surface area contributed by atoms with Gasteiger partial charge in [-0.05, 0) is 30.3 Å². The maximum atomic E-state index is 11.3. The lowest BCUT2D eigenvalue weighted by Gasteiger charge is -2.22. The first kappa shape index (κ1) is 13.9. The molecule has 0 aliphatic carbocycles. The Balaban J connectivity index is 2.08. The van der Waals surface area contributed by atoms with Crippen LogP contribution < -0.4 is 4.74 Å². The van der Waals surface area contributed by atoms with Crippen LogP contribution in [0.2, 0.25) is 10.0 Å². The van der Waals surface area contributed by atoms with Crippen LogP contribution in [0, 0.1) is 10.1 Å². The third-order valence-corrected chi connectivity index (χ3v) is 3.66. The minimum atomic E-state index is -0.772. The molecule has 0 saturated carbocycles. The molecule has 1 atom stereocenters. The molecule has 3 rings (SSSR count). The average molecular weight is 322 g/mol. The molecule has 0 saturated heterocycles. The lowest BCUT2D eigenvalue weighted by Crippen LogP contribution is -2.19. The van der Waals surface area contributed by atoms with Crippen LogP contribution in [0.3, 0.4) is 0 Å². The molecule has 0 spiro atoms. The van der Waals surface area contributed by atoms with E-state index in [1.807, 2.05) is 0 Å². The molecule has 21 heavy (non-hydrogen) atoms. The molecule has 6 heteroatoms. The summed E-state index contributed by atoms with van der Waals surface area (Å²) in [6.45, 7) is 0. The van der Waals surface area contributed by atoms with E-state index in [0.29, 0.717) is 26.9 Å². The van der Waals surface area contributed by atoms with Gasteiger partial charge in [0.25, 0.3) is 5.70 Å². The molecule has 2 aromatic rings. The standard InChI is InChI=1S/C15H9Cl2NO3/c16-11-3-1-9(2-4-11)15-13(18(19)20)8-10-7-12(17)5-6-14(10)21-15/h1-8,15H/t15-/m1/s1. The molecule has 0 fully saturated rings. The maximum Gasteiger partial charge on any atom is 0.291 e. The molecule has 0 unspecified atom stereocenters. The number of nitrogens with zero attached hydrogens (tertiary/aromatic N) is 1. The van der Waals surface area contributed by atoms with E-state index >= 15 is 0 Å². The summed E-state index contributed by atoms with van der Waals surface area (Å²) in [4.78, 5) is 10.9. The predicted octanol–water partition coefficient (Wildman–Crippen LogP) is 4.74. The average Bonchev–Trinajstić information content (AvgIpc) is 2.46. The van der Waals surface area contributed by atoms with Crippen LogP contribution in [-0.4, -0.2) is 4.92 Å². The highest BCUT2D eigenvalue weighted by molar-refractivity contribution is 6.31. The van der Waals surface area contributed by atoms with Crippen molar-refractivity contribution in [2.75, 3.05) is 0 Å². The number of halogens is 2. The van der Waals surface area contributed by atoms with Crippen LogP contribution in [0.5, 0.6) is 5.75 Å². The van der Waals surface area contributed by atoms with Gasteiger partial charge in [-0.3, -0.25) is 10.1 Å². The van der Waals surface area contributed by atoms with Crippen molar-refractivity contribution in [3.63, 3.8) is 0 Å². The zero-order chi connectivity index (χ0) is 15.0. The zero-order valence-corrected chi connectivity index (χ0v) is 12.1. The summed E-state index contributed by atoms with van der Waals surface area (Å²) in [5.74, 6) is 0.560. The van der Waals surface area contributed by atoms with E-state index in [4.69, 9.17) is 27.9 Å². The third-order valence-electron chi connectivity index (χ3n) is 3.17. The van der Waals surface area contributed by atoms with Crippen LogP contribution in [0.4, 0.5) is 0 Å². The number of hydrogen-bond acceptors (Lipinski definition) is 3. The Kier molecular flexibility index (Phi) is 3.57. The van der Waals surface area contributed by atoms with Gasteiger partial charge in [0.15, 0.2) is 0 Å². The van der Waals surface area contributed by atoms with Gasteiger partial charge in [-0.15, -0.1) is 0 Å². The number of ether oxygens (including phenoxy) is 1. The first-order valence-electron chi connectivity index (χ1n) is 6.12. The highest BCUT2D eigenvalue weighted by atomic mass is 35.5. The van der Waals surface area contributed by atoms with Gasteiger partial charge in [-0.25, -0.2) is 0 Å². The smallest absolute Gasteiger partial charge is 0.291 e. The van der Waals surface area contributed by atoms with Gasteiger partial charge in [-0.2, -0.15) is 0 Å². The summed E-state index contributed by atoms with van der Waals surface area (Å²) in [5, 5.41) is 12.4. The molecular weight excluding hydrogens is 313 g/mol. The number of fused-ring (bicyclic) bond motifs is 1. The minimum Gasteiger partial charge on any atom is -0.474 e. The predicted molar refractivity (Wildman–Crippen MR) is 81.2 cm³/mol. The lowest BCUT2D eigenvalue weighted by molar-refractivity contribution is -0.434. The van der Waals surface area contributed by atoms with Gasteiger partial charge < -0.3 is 4.74 Å². The summed E-state index contributed by atoms with van der Waals surface area (Å²) in [6.07, 6.45) is 0.718. The first-order valence-corrected chi connectivity index (χ1v) is 6.88. The lowest BCUT2D eigenvalue weighted by atomic mass is 10.0. The second-order valence-electron chi connectivity index (χ2n) is 4.56. The molecule has 0 amide bonds. The van der Waals surface area contributed by atoms with Crippen LogP contribution >= 0.6 is 23.2 Å². The van der Waals surface area contributed by atoms with Crippen LogP contribution in [0.25, 0.3) is 6.08 Å². The molecular formula is C15H9Cl2NO3. The van der Waals surface area contributed by atoms with Gasteiger partial charge in [0.1, 0.15) is 5.75 Å². The number of nitro groups is 1. The quantitative estimate of drug-likeness (QED) is 0.592. The van der Waals surface area contributed by atoms with Crippen molar-refractivity contribution < 1.29 is 9.66 Å². The molecule has 0 bridgehead atoms. The Hall–Kier alpha value is -2.04. The number of benzene rings is 2. The van der Waals surface area contributed by atoms with E-state index < -0.39 is 11.0 Å². The molecule has 0 aromatic heterocycles. The van der Waals surface area contributed by atoms with Crippen molar-refractivity contribution in [3.05, 3.63) is 79.4 Å². The summed E-state index contributed by atoms with van der Waals surface area (Å²) in [5.41, 5.74) is 1.23. The fraction of sp³-hybridized carbons (Fsp3) is 0.0667. The molecule has 1 aliphatic rings. The Morgan fingerprint density at radius 3 is 2.38 bits per heavy atom. The molecule has 0 radical (unpaired) electrons. The van der Waals surface area contributed by atoms with Crippen LogP contribution in [0.15, 0.2) is 48.2 Å². The van der Waals surface area contributed by atoms with E-state index in [1.165, 1.54) is 6.08 Å². The summed E-state index contributed by atoms with van der Waals surface area (Å²) >= 11 is 11.7. The molecule has 2 aromatic carbocycles. The normalized spacial score (nSPS) is 16.7. The fourth-order valence-corrected chi connectivity index (χ4v) is 2.49. The minimum absolute atomic E-state index is 0.0351. The zero-order valence-electron chi connectivity index (χ0n) is 10.6. The fourth-order valence-electron chi connectivity index (χ4n) is 2.19. The first-order chi connectivity index (χ1) is 10.0.